The van der Waals surface area contributed by atoms with Crippen molar-refractivity contribution < 1.29 is 19.8 Å². The van der Waals surface area contributed by atoms with Gasteiger partial charge in [-0.25, -0.2) is 4.79 Å². The lowest BCUT2D eigenvalue weighted by Gasteiger charge is -2.10. The van der Waals surface area contributed by atoms with Gasteiger partial charge in [-0.05, 0) is 25.1 Å². The maximum atomic E-state index is 10.6. The fraction of sp³-hybridized carbons (Fsp3) is 0.200. The van der Waals surface area contributed by atoms with Crippen LogP contribution < -0.4 is 5.32 Å². The fourth-order valence-electron chi connectivity index (χ4n) is 1.05. The maximum absolute atomic E-state index is 10.6. The van der Waals surface area contributed by atoms with Crippen LogP contribution in [0.3, 0.4) is 0 Å². The number of carboxylic acids is 2. The van der Waals surface area contributed by atoms with Crippen molar-refractivity contribution >= 4 is 17.6 Å². The molecule has 0 saturated heterocycles. The van der Waals surface area contributed by atoms with Gasteiger partial charge in [0.15, 0.2) is 0 Å². The number of anilines is 1. The van der Waals surface area contributed by atoms with E-state index in [0.29, 0.717) is 5.69 Å². The minimum atomic E-state index is -1.04. The lowest BCUT2D eigenvalue weighted by molar-refractivity contribution is -0.137. The Balaban J connectivity index is 2.82. The first-order valence-electron chi connectivity index (χ1n) is 4.33. The topological polar surface area (TPSA) is 86.6 Å². The van der Waals surface area contributed by atoms with Crippen molar-refractivity contribution in [3.05, 3.63) is 29.8 Å². The van der Waals surface area contributed by atoms with Crippen LogP contribution in [0.2, 0.25) is 0 Å². The van der Waals surface area contributed by atoms with E-state index in [0.717, 1.165) is 0 Å². The van der Waals surface area contributed by atoms with Crippen LogP contribution in [-0.4, -0.2) is 28.2 Å². The van der Waals surface area contributed by atoms with Gasteiger partial charge in [-0.3, -0.25) is 4.79 Å². The average molecular weight is 209 g/mol. The summed E-state index contributed by atoms with van der Waals surface area (Å²) < 4.78 is 0. The molecule has 0 aliphatic carbocycles. The van der Waals surface area contributed by atoms with Gasteiger partial charge in [0.2, 0.25) is 0 Å². The zero-order valence-electron chi connectivity index (χ0n) is 8.10. The van der Waals surface area contributed by atoms with E-state index in [-0.39, 0.29) is 5.56 Å². The van der Waals surface area contributed by atoms with Gasteiger partial charge in [0.1, 0.15) is 6.04 Å². The summed E-state index contributed by atoms with van der Waals surface area (Å²) in [7, 11) is 0. The van der Waals surface area contributed by atoms with Gasteiger partial charge in [-0.15, -0.1) is 0 Å². The SMILES string of the molecule is CC(Nc1cccc(C(=O)O)c1)C(=O)O. The molecular formula is C10H11NO4. The van der Waals surface area contributed by atoms with Crippen molar-refractivity contribution in [3.8, 4) is 0 Å². The smallest absolute Gasteiger partial charge is 0.335 e. The molecule has 5 heteroatoms. The number of carbonyl (C=O) groups is 2. The van der Waals surface area contributed by atoms with E-state index in [1.54, 1.807) is 12.1 Å². The predicted molar refractivity (Wildman–Crippen MR) is 54.1 cm³/mol. The highest BCUT2D eigenvalue weighted by atomic mass is 16.4. The van der Waals surface area contributed by atoms with Crippen molar-refractivity contribution in [2.45, 2.75) is 13.0 Å². The van der Waals surface area contributed by atoms with Crippen molar-refractivity contribution in [2.75, 3.05) is 5.32 Å². The summed E-state index contributed by atoms with van der Waals surface area (Å²) in [6, 6.07) is 5.25. The van der Waals surface area contributed by atoms with E-state index in [9.17, 15) is 9.59 Å². The molecule has 1 aromatic carbocycles. The van der Waals surface area contributed by atoms with Crippen LogP contribution in [0.4, 0.5) is 5.69 Å². The molecule has 0 radical (unpaired) electrons. The molecule has 0 amide bonds. The van der Waals surface area contributed by atoms with Crippen LogP contribution in [-0.2, 0) is 4.79 Å². The molecule has 0 spiro atoms. The van der Waals surface area contributed by atoms with E-state index in [4.69, 9.17) is 10.2 Å². The zero-order chi connectivity index (χ0) is 11.4. The van der Waals surface area contributed by atoms with E-state index < -0.39 is 18.0 Å². The van der Waals surface area contributed by atoms with Gasteiger partial charge in [-0.2, -0.15) is 0 Å². The summed E-state index contributed by atoms with van der Waals surface area (Å²) in [5.41, 5.74) is 0.599. The van der Waals surface area contributed by atoms with Crippen molar-refractivity contribution in [1.82, 2.24) is 0 Å². The van der Waals surface area contributed by atoms with Crippen molar-refractivity contribution in [3.63, 3.8) is 0 Å². The molecule has 3 N–H and O–H groups in total. The molecule has 1 rings (SSSR count). The van der Waals surface area contributed by atoms with Gasteiger partial charge in [-0.1, -0.05) is 6.07 Å². The number of carboxylic acid groups (broad SMARTS) is 2. The third-order valence-electron chi connectivity index (χ3n) is 1.86. The zero-order valence-corrected chi connectivity index (χ0v) is 8.10. The van der Waals surface area contributed by atoms with Crippen LogP contribution in [0.25, 0.3) is 0 Å². The molecular weight excluding hydrogens is 198 g/mol. The standard InChI is InChI=1S/C10H11NO4/c1-6(9(12)13)11-8-4-2-3-7(5-8)10(14)15/h2-6,11H,1H3,(H,12,13)(H,14,15). The third kappa shape index (κ3) is 2.98. The Morgan fingerprint density at radius 3 is 2.53 bits per heavy atom. The van der Waals surface area contributed by atoms with E-state index in [1.807, 2.05) is 0 Å². The predicted octanol–water partition coefficient (Wildman–Crippen LogP) is 1.27. The van der Waals surface area contributed by atoms with Crippen molar-refractivity contribution in [2.24, 2.45) is 0 Å². The number of aromatic carboxylic acids is 1. The highest BCUT2D eigenvalue weighted by molar-refractivity contribution is 5.89. The van der Waals surface area contributed by atoms with E-state index in [1.165, 1.54) is 19.1 Å². The fourth-order valence-corrected chi connectivity index (χ4v) is 1.05. The molecule has 15 heavy (non-hydrogen) atoms. The second-order valence-electron chi connectivity index (χ2n) is 3.09. The molecule has 80 valence electrons. The summed E-state index contributed by atoms with van der Waals surface area (Å²) >= 11 is 0. The van der Waals surface area contributed by atoms with Gasteiger partial charge in [0, 0.05) is 5.69 Å². The molecule has 1 unspecified atom stereocenters. The molecule has 5 nitrogen and oxygen atoms in total. The molecule has 0 saturated carbocycles. The monoisotopic (exact) mass is 209 g/mol. The Labute approximate surface area is 86.4 Å². The van der Waals surface area contributed by atoms with Gasteiger partial charge in [0.05, 0.1) is 5.56 Å². The Bertz CT molecular complexity index is 389. The first-order chi connectivity index (χ1) is 7.00. The molecule has 1 aromatic rings. The minimum Gasteiger partial charge on any atom is -0.480 e. The molecule has 0 aliphatic heterocycles. The first-order valence-corrected chi connectivity index (χ1v) is 4.33. The van der Waals surface area contributed by atoms with Gasteiger partial charge >= 0.3 is 11.9 Å². The highest BCUT2D eigenvalue weighted by Crippen LogP contribution is 2.11. The van der Waals surface area contributed by atoms with Crippen LogP contribution in [0, 0.1) is 0 Å². The van der Waals surface area contributed by atoms with Crippen molar-refractivity contribution in [1.29, 1.82) is 0 Å². The van der Waals surface area contributed by atoms with Crippen LogP contribution >= 0.6 is 0 Å². The lowest BCUT2D eigenvalue weighted by Crippen LogP contribution is -2.25. The Morgan fingerprint density at radius 1 is 1.33 bits per heavy atom. The first kappa shape index (κ1) is 11.0. The lowest BCUT2D eigenvalue weighted by atomic mass is 10.2. The van der Waals surface area contributed by atoms with E-state index in [2.05, 4.69) is 5.32 Å². The van der Waals surface area contributed by atoms with Gasteiger partial charge in [0.25, 0.3) is 0 Å². The molecule has 0 heterocycles. The number of rotatable bonds is 4. The molecule has 0 aromatic heterocycles. The molecule has 1 atom stereocenters. The summed E-state index contributed by atoms with van der Waals surface area (Å²) in [5.74, 6) is -2.03. The summed E-state index contributed by atoms with van der Waals surface area (Å²) in [6.07, 6.45) is 0. The van der Waals surface area contributed by atoms with Crippen LogP contribution in [0.15, 0.2) is 24.3 Å². The van der Waals surface area contributed by atoms with E-state index >= 15 is 0 Å². The number of nitrogens with one attached hydrogen (secondary N) is 1. The highest BCUT2D eigenvalue weighted by Gasteiger charge is 2.10. The maximum Gasteiger partial charge on any atom is 0.335 e. The summed E-state index contributed by atoms with van der Waals surface area (Å²) in [5, 5.41) is 20.0. The number of hydrogen-bond acceptors (Lipinski definition) is 3. The minimum absolute atomic E-state index is 0.123. The average Bonchev–Trinajstić information content (AvgIpc) is 2.18. The number of aliphatic carboxylic acids is 1. The number of hydrogen-bond donors (Lipinski definition) is 3. The Hall–Kier alpha value is -2.04. The van der Waals surface area contributed by atoms with Crippen LogP contribution in [0.5, 0.6) is 0 Å². The van der Waals surface area contributed by atoms with Gasteiger partial charge < -0.3 is 15.5 Å². The second kappa shape index (κ2) is 4.45. The number of benzene rings is 1. The Kier molecular flexibility index (Phi) is 3.28. The second-order valence-corrected chi connectivity index (χ2v) is 3.09. The largest absolute Gasteiger partial charge is 0.480 e. The Morgan fingerprint density at radius 2 is 2.00 bits per heavy atom. The molecule has 0 bridgehead atoms. The van der Waals surface area contributed by atoms with Crippen LogP contribution in [0.1, 0.15) is 17.3 Å². The molecule has 0 aliphatic rings. The third-order valence-corrected chi connectivity index (χ3v) is 1.86. The molecule has 0 fully saturated rings. The summed E-state index contributed by atoms with van der Waals surface area (Å²) in [4.78, 5) is 21.2. The quantitative estimate of drug-likeness (QED) is 0.695. The normalized spacial score (nSPS) is 11.8. The summed E-state index contributed by atoms with van der Waals surface area (Å²) in [6.45, 7) is 1.48.